The first-order valence-corrected chi connectivity index (χ1v) is 41.6. The predicted octanol–water partition coefficient (Wildman–Crippen LogP) is 29.1. The lowest BCUT2D eigenvalue weighted by Crippen LogP contribution is -2.06. The number of fused-ring (bicyclic) bond motifs is 12. The van der Waals surface area contributed by atoms with Gasteiger partial charge in [0.25, 0.3) is 0 Å². The van der Waals surface area contributed by atoms with Crippen molar-refractivity contribution in [3.8, 4) is 124 Å². The Hall–Kier alpha value is -16.0. The maximum atomic E-state index is 11.7. The minimum atomic E-state index is 0.549. The number of nitriles is 2. The monoisotopic (exact) mass is 1560 g/mol. The largest absolute Gasteiger partial charge is 0.307 e. The molecule has 0 bridgehead atoms. The maximum Gasteiger partial charge on any atom is 0.0998 e. The third-order valence-electron chi connectivity index (χ3n) is 24.8. The van der Waals surface area contributed by atoms with E-state index in [4.69, 9.17) is 0 Å². The molecular weight excluding hydrogens is 1480 g/mol. The molecule has 0 unspecified atom stereocenters. The molecule has 16 aromatic carbocycles. The van der Waals surface area contributed by atoms with Crippen molar-refractivity contribution in [1.82, 2.24) is 28.2 Å². The van der Waals surface area contributed by atoms with Crippen molar-refractivity contribution >= 4 is 87.2 Å². The maximum absolute atomic E-state index is 11.7. The number of nitrogens with zero attached hydrogens (tertiary/aromatic N) is 8. The highest BCUT2D eigenvalue weighted by molar-refractivity contribution is 6.16. The molecule has 22 rings (SSSR count). The molecule has 0 N–H and O–H groups in total. The van der Waals surface area contributed by atoms with Crippen LogP contribution in [0.2, 0.25) is 0 Å². The fourth-order valence-corrected chi connectivity index (χ4v) is 19.2. The van der Waals surface area contributed by atoms with Gasteiger partial charge < -0.3 is 18.3 Å². The number of aromatic nitrogens is 6. The number of aryl methyl sites for hydroxylation is 5. The van der Waals surface area contributed by atoms with Crippen molar-refractivity contribution in [2.45, 2.75) is 41.0 Å². The average molecular weight is 1560 g/mol. The topological polar surface area (TPSA) is 93.1 Å². The first-order valence-electron chi connectivity index (χ1n) is 41.6. The van der Waals surface area contributed by atoms with Gasteiger partial charge in [0.2, 0.25) is 0 Å². The Labute approximate surface area is 706 Å². The number of hydrogen-bond donors (Lipinski definition) is 0. The van der Waals surface area contributed by atoms with Gasteiger partial charge in [-0.2, -0.15) is 10.5 Å². The molecule has 0 aliphatic heterocycles. The van der Waals surface area contributed by atoms with Crippen LogP contribution in [0.5, 0.6) is 0 Å². The van der Waals surface area contributed by atoms with Gasteiger partial charge in [-0.3, -0.25) is 9.97 Å². The number of rotatable bonds is 14. The number of para-hydroxylation sites is 2. The van der Waals surface area contributed by atoms with Crippen molar-refractivity contribution in [3.63, 3.8) is 0 Å². The van der Waals surface area contributed by atoms with Crippen molar-refractivity contribution < 1.29 is 0 Å². The highest BCUT2D eigenvalue weighted by Gasteiger charge is 2.28. The summed E-state index contributed by atoms with van der Waals surface area (Å²) < 4.78 is 9.68. The normalized spacial score (nSPS) is 11.7. The van der Waals surface area contributed by atoms with Gasteiger partial charge in [0.1, 0.15) is 0 Å². The molecule has 0 saturated carbocycles. The second-order valence-electron chi connectivity index (χ2n) is 32.8. The van der Waals surface area contributed by atoms with Crippen molar-refractivity contribution in [2.75, 3.05) is 0 Å². The Balaban J connectivity index is 0.685. The van der Waals surface area contributed by atoms with E-state index in [0.717, 1.165) is 193 Å². The van der Waals surface area contributed by atoms with Crippen LogP contribution in [-0.4, -0.2) is 28.2 Å². The van der Waals surface area contributed by atoms with Gasteiger partial charge in [0.15, 0.2) is 0 Å². The molecule has 0 saturated heterocycles. The summed E-state index contributed by atoms with van der Waals surface area (Å²) in [4.78, 5) is 8.87. The minimum Gasteiger partial charge on any atom is -0.307 e. The predicted molar refractivity (Wildman–Crippen MR) is 505 cm³/mol. The molecule has 0 atom stereocenters. The molecule has 6 aromatic heterocycles. The molecule has 0 aliphatic rings. The van der Waals surface area contributed by atoms with Gasteiger partial charge in [-0.25, -0.2) is 0 Å². The van der Waals surface area contributed by atoms with Crippen molar-refractivity contribution in [1.29, 1.82) is 10.5 Å². The molecule has 8 heteroatoms. The zero-order valence-corrected chi connectivity index (χ0v) is 68.0. The van der Waals surface area contributed by atoms with E-state index in [1.165, 1.54) is 44.5 Å². The van der Waals surface area contributed by atoms with Crippen LogP contribution in [0.3, 0.4) is 0 Å². The Bertz CT molecular complexity index is 8090. The van der Waals surface area contributed by atoms with Crippen LogP contribution in [0.4, 0.5) is 0 Å². The summed E-state index contributed by atoms with van der Waals surface area (Å²) in [6.45, 7) is 10.8. The fraction of sp³-hybridized carbons (Fsp3) is 0.0526. The SMILES string of the molecule is Cc1cccc(-c2ccc3c(c2)c2ccccc2n3-c2cc(C#N)c(-c3ccncc3)cc2-n2c3ccccc3c3cc(-c4cc(C)cc(Cc5cccc(-c6ccc7c8ccc(-c9cccc(C)c9)cc8n(-c8cc(C#N)c(-c9ccncc9)cc8-n8c9cc(-c%10cccc(C)c%10)ccc9c9ccc(-c%10cccc(C)c%10)cc98)c7c6)c5)c4)ccc32)c1. The summed E-state index contributed by atoms with van der Waals surface area (Å²) in [5.41, 5.74) is 38.4. The molecule has 122 heavy (non-hydrogen) atoms. The lowest BCUT2D eigenvalue weighted by atomic mass is 9.94. The van der Waals surface area contributed by atoms with E-state index in [2.05, 4.69) is 397 Å². The first-order chi connectivity index (χ1) is 59.9. The lowest BCUT2D eigenvalue weighted by Gasteiger charge is -2.20. The van der Waals surface area contributed by atoms with Gasteiger partial charge in [0.05, 0.1) is 90.1 Å². The van der Waals surface area contributed by atoms with Crippen LogP contribution in [-0.2, 0) is 6.42 Å². The summed E-state index contributed by atoms with van der Waals surface area (Å²) >= 11 is 0. The van der Waals surface area contributed by atoms with Gasteiger partial charge in [-0.05, 0) is 239 Å². The molecule has 6 heterocycles. The summed E-state index contributed by atoms with van der Waals surface area (Å²) in [5, 5.41) is 31.9. The Kier molecular flexibility index (Phi) is 17.4. The van der Waals surface area contributed by atoms with E-state index in [0.29, 0.717) is 17.5 Å². The Morgan fingerprint density at radius 2 is 0.516 bits per heavy atom. The fourth-order valence-electron chi connectivity index (χ4n) is 19.2. The van der Waals surface area contributed by atoms with Crippen molar-refractivity contribution in [2.24, 2.45) is 0 Å². The van der Waals surface area contributed by atoms with Gasteiger partial charge in [0, 0.05) is 79.0 Å². The van der Waals surface area contributed by atoms with Crippen LogP contribution in [0, 0.1) is 57.3 Å². The second kappa shape index (κ2) is 29.3. The third-order valence-corrected chi connectivity index (χ3v) is 24.8. The minimum absolute atomic E-state index is 0.549. The highest BCUT2D eigenvalue weighted by Crippen LogP contribution is 2.48. The van der Waals surface area contributed by atoms with Gasteiger partial charge >= 0.3 is 0 Å². The standard InChI is InChI=1S/C114H78N8/c1-70-15-10-20-79(50-70)84-33-39-105-101(58-84)93-25-6-8-27-103(93)119(105)111-64-91(68-115)99(77-41-45-117-46-42-77)66-113(111)120-104-28-9-7-26-94(104)102-59-85(34-40-106(102)120)90-54-74(5)49-76(57-90)55-75-19-14-24-83(56-75)89-32-38-96-95-35-29-86(80-21-11-16-71(2)51-80)60-107(95)121(108(96)63-89)112-65-92(69-116)100(78-43-47-118-48-44-78)67-114(112)122-109-61-87(81-22-12-17-72(3)52-81)30-36-97(109)98-37-31-88(62-110(98)122)82-23-13-18-73(4)53-82/h6-54,56-67H,55H2,1-5H3. The molecule has 0 aliphatic carbocycles. The summed E-state index contributed by atoms with van der Waals surface area (Å²) in [6, 6.07) is 132. The molecule has 0 fully saturated rings. The third kappa shape index (κ3) is 12.4. The molecular formula is C114H78N8. The molecule has 0 amide bonds. The smallest absolute Gasteiger partial charge is 0.0998 e. The van der Waals surface area contributed by atoms with E-state index in [-0.39, 0.29) is 0 Å². The number of pyridine rings is 2. The van der Waals surface area contributed by atoms with Crippen molar-refractivity contribution in [3.05, 3.63) is 421 Å². The lowest BCUT2D eigenvalue weighted by molar-refractivity contribution is 1.09. The number of benzene rings is 16. The molecule has 22 aromatic rings. The summed E-state index contributed by atoms with van der Waals surface area (Å²) in [5.74, 6) is 0. The Morgan fingerprint density at radius 3 is 0.910 bits per heavy atom. The summed E-state index contributed by atoms with van der Waals surface area (Å²) in [7, 11) is 0. The molecule has 0 spiro atoms. The van der Waals surface area contributed by atoms with E-state index in [1.54, 1.807) is 12.4 Å². The second-order valence-corrected chi connectivity index (χ2v) is 32.8. The van der Waals surface area contributed by atoms with Crippen LogP contribution in [0.25, 0.3) is 199 Å². The van der Waals surface area contributed by atoms with E-state index >= 15 is 0 Å². The van der Waals surface area contributed by atoms with Gasteiger partial charge in [-0.1, -0.05) is 264 Å². The number of hydrogen-bond acceptors (Lipinski definition) is 4. The first kappa shape index (κ1) is 72.5. The quantitative estimate of drug-likeness (QED) is 0.108. The zero-order valence-electron chi connectivity index (χ0n) is 68.0. The van der Waals surface area contributed by atoms with Crippen LogP contribution < -0.4 is 0 Å². The van der Waals surface area contributed by atoms with Gasteiger partial charge in [-0.15, -0.1) is 0 Å². The van der Waals surface area contributed by atoms with Crippen LogP contribution >= 0.6 is 0 Å². The van der Waals surface area contributed by atoms with Crippen LogP contribution in [0.1, 0.15) is 50.1 Å². The summed E-state index contributed by atoms with van der Waals surface area (Å²) in [6.07, 6.45) is 7.92. The highest BCUT2D eigenvalue weighted by atomic mass is 15.1. The van der Waals surface area contributed by atoms with E-state index in [9.17, 15) is 10.5 Å². The van der Waals surface area contributed by atoms with E-state index in [1.807, 2.05) is 36.7 Å². The molecule has 574 valence electrons. The van der Waals surface area contributed by atoms with E-state index < -0.39 is 0 Å². The van der Waals surface area contributed by atoms with Crippen LogP contribution in [0.15, 0.2) is 371 Å². The Morgan fingerprint density at radius 1 is 0.213 bits per heavy atom. The average Bonchev–Trinajstić information content (AvgIpc) is 1.56. The zero-order chi connectivity index (χ0) is 82.0. The molecule has 8 nitrogen and oxygen atoms in total. The molecule has 0 radical (unpaired) electrons.